The Morgan fingerprint density at radius 3 is 2.03 bits per heavy atom. The van der Waals surface area contributed by atoms with Gasteiger partial charge in [-0.1, -0.05) is 45.0 Å². The van der Waals surface area contributed by atoms with Crippen molar-refractivity contribution in [3.05, 3.63) is 35.4 Å². The number of amides is 3. The van der Waals surface area contributed by atoms with E-state index in [1.807, 2.05) is 34.1 Å². The van der Waals surface area contributed by atoms with Gasteiger partial charge >= 0.3 is 6.03 Å². The minimum absolute atomic E-state index is 0.00649. The summed E-state index contributed by atoms with van der Waals surface area (Å²) in [5.41, 5.74) is 2.01. The highest BCUT2D eigenvalue weighted by molar-refractivity contribution is 5.98. The Labute approximate surface area is 186 Å². The second-order valence-corrected chi connectivity index (χ2v) is 10.3. The van der Waals surface area contributed by atoms with E-state index in [4.69, 9.17) is 0 Å². The molecule has 1 unspecified atom stereocenters. The van der Waals surface area contributed by atoms with Crippen molar-refractivity contribution in [2.24, 2.45) is 11.8 Å². The Morgan fingerprint density at radius 2 is 1.48 bits per heavy atom. The summed E-state index contributed by atoms with van der Waals surface area (Å²) in [6, 6.07) is 7.96. The first kappa shape index (κ1) is 23.3. The summed E-state index contributed by atoms with van der Waals surface area (Å²) in [7, 11) is 3.50. The van der Waals surface area contributed by atoms with Crippen LogP contribution in [-0.2, 0) is 10.2 Å². The molecule has 3 rings (SSSR count). The van der Waals surface area contributed by atoms with Gasteiger partial charge in [-0.05, 0) is 36.7 Å². The molecular formula is C25H37N3O3. The smallest absolute Gasteiger partial charge is 0.319 e. The molecule has 2 heterocycles. The van der Waals surface area contributed by atoms with E-state index in [2.05, 4.69) is 20.8 Å². The summed E-state index contributed by atoms with van der Waals surface area (Å²) in [5, 5.41) is 0. The third kappa shape index (κ3) is 5.46. The van der Waals surface area contributed by atoms with Crippen molar-refractivity contribution in [1.82, 2.24) is 14.7 Å². The maximum Gasteiger partial charge on any atom is 0.319 e. The van der Waals surface area contributed by atoms with Crippen LogP contribution in [0.5, 0.6) is 0 Å². The van der Waals surface area contributed by atoms with E-state index in [0.717, 1.165) is 24.9 Å². The molecule has 6 heteroatoms. The number of piperidine rings is 2. The van der Waals surface area contributed by atoms with Crippen LogP contribution in [0.15, 0.2) is 24.3 Å². The molecule has 0 spiro atoms. The van der Waals surface area contributed by atoms with Crippen LogP contribution in [0, 0.1) is 11.8 Å². The van der Waals surface area contributed by atoms with Crippen LogP contribution < -0.4 is 0 Å². The predicted octanol–water partition coefficient (Wildman–Crippen LogP) is 3.80. The molecule has 0 aliphatic carbocycles. The van der Waals surface area contributed by atoms with E-state index in [1.165, 1.54) is 5.56 Å². The van der Waals surface area contributed by atoms with E-state index in [9.17, 15) is 14.4 Å². The molecule has 0 N–H and O–H groups in total. The molecule has 170 valence electrons. The molecule has 2 aliphatic rings. The van der Waals surface area contributed by atoms with Crippen molar-refractivity contribution in [2.75, 3.05) is 40.3 Å². The van der Waals surface area contributed by atoms with Gasteiger partial charge in [0, 0.05) is 57.7 Å². The lowest BCUT2D eigenvalue weighted by molar-refractivity contribution is -0.138. The van der Waals surface area contributed by atoms with Crippen LogP contribution >= 0.6 is 0 Å². The number of carbonyl (C=O) groups is 3. The first-order valence-corrected chi connectivity index (χ1v) is 11.5. The Morgan fingerprint density at radius 1 is 0.871 bits per heavy atom. The van der Waals surface area contributed by atoms with Gasteiger partial charge in [-0.15, -0.1) is 0 Å². The molecule has 1 aromatic rings. The third-order valence-corrected chi connectivity index (χ3v) is 6.64. The van der Waals surface area contributed by atoms with Gasteiger partial charge in [-0.25, -0.2) is 4.79 Å². The molecule has 3 amide bonds. The highest BCUT2D eigenvalue weighted by atomic mass is 16.2. The van der Waals surface area contributed by atoms with Gasteiger partial charge in [-0.3, -0.25) is 9.59 Å². The van der Waals surface area contributed by atoms with E-state index in [1.54, 1.807) is 19.0 Å². The Balaban J connectivity index is 1.58. The van der Waals surface area contributed by atoms with E-state index in [-0.39, 0.29) is 35.0 Å². The molecule has 2 fully saturated rings. The van der Waals surface area contributed by atoms with E-state index in [0.29, 0.717) is 32.5 Å². The number of carbonyl (C=O) groups excluding carboxylic acids is 3. The van der Waals surface area contributed by atoms with Gasteiger partial charge < -0.3 is 14.7 Å². The van der Waals surface area contributed by atoms with Gasteiger partial charge in [-0.2, -0.15) is 0 Å². The van der Waals surface area contributed by atoms with Crippen LogP contribution in [0.4, 0.5) is 4.79 Å². The monoisotopic (exact) mass is 427 g/mol. The number of nitrogens with zero attached hydrogens (tertiary/aromatic N) is 3. The standard InChI is InChI=1S/C25H37N3O3/c1-25(2,3)21-10-8-18(9-11-21)22(29)20-7-6-14-28(17-20)23(30)19-12-15-27(16-13-19)24(31)26(4)5/h8-11,19-20H,6-7,12-17H2,1-5H3. The lowest BCUT2D eigenvalue weighted by Gasteiger charge is -2.38. The van der Waals surface area contributed by atoms with Gasteiger partial charge in [0.1, 0.15) is 0 Å². The van der Waals surface area contributed by atoms with Gasteiger partial charge in [0.2, 0.25) is 5.91 Å². The molecule has 1 atom stereocenters. The molecule has 0 radical (unpaired) electrons. The highest BCUT2D eigenvalue weighted by Gasteiger charge is 2.34. The number of benzene rings is 1. The zero-order valence-electron chi connectivity index (χ0n) is 19.7. The Hall–Kier alpha value is -2.37. The number of hydrogen-bond acceptors (Lipinski definition) is 3. The van der Waals surface area contributed by atoms with Crippen molar-refractivity contribution in [3.63, 3.8) is 0 Å². The van der Waals surface area contributed by atoms with Gasteiger partial charge in [0.05, 0.1) is 0 Å². The lowest BCUT2D eigenvalue weighted by Crippen LogP contribution is -2.49. The molecule has 0 bridgehead atoms. The first-order valence-electron chi connectivity index (χ1n) is 11.5. The zero-order chi connectivity index (χ0) is 22.8. The van der Waals surface area contributed by atoms with Crippen molar-refractivity contribution >= 4 is 17.7 Å². The molecule has 31 heavy (non-hydrogen) atoms. The largest absolute Gasteiger partial charge is 0.342 e. The second kappa shape index (κ2) is 9.41. The molecule has 0 aromatic heterocycles. The normalized spacial score (nSPS) is 20.5. The van der Waals surface area contributed by atoms with Gasteiger partial charge in [0.25, 0.3) is 0 Å². The maximum atomic E-state index is 13.1. The van der Waals surface area contributed by atoms with Crippen LogP contribution in [0.25, 0.3) is 0 Å². The molecular weight excluding hydrogens is 390 g/mol. The summed E-state index contributed by atoms with van der Waals surface area (Å²) >= 11 is 0. The summed E-state index contributed by atoms with van der Waals surface area (Å²) in [5.74, 6) is 0.113. The van der Waals surface area contributed by atoms with Crippen LogP contribution in [-0.4, -0.2) is 72.7 Å². The first-order chi connectivity index (χ1) is 14.6. The van der Waals surface area contributed by atoms with Gasteiger partial charge in [0.15, 0.2) is 5.78 Å². The third-order valence-electron chi connectivity index (χ3n) is 6.64. The summed E-state index contributed by atoms with van der Waals surface area (Å²) < 4.78 is 0. The Bertz CT molecular complexity index is 802. The minimum atomic E-state index is -0.131. The predicted molar refractivity (Wildman–Crippen MR) is 122 cm³/mol. The summed E-state index contributed by atoms with van der Waals surface area (Å²) in [6.45, 7) is 8.95. The summed E-state index contributed by atoms with van der Waals surface area (Å²) in [4.78, 5) is 43.6. The topological polar surface area (TPSA) is 60.9 Å². The fourth-order valence-electron chi connectivity index (χ4n) is 4.62. The van der Waals surface area contributed by atoms with Crippen molar-refractivity contribution in [2.45, 2.75) is 51.9 Å². The minimum Gasteiger partial charge on any atom is -0.342 e. The highest BCUT2D eigenvalue weighted by Crippen LogP contribution is 2.27. The average Bonchev–Trinajstić information content (AvgIpc) is 2.77. The van der Waals surface area contributed by atoms with Crippen molar-refractivity contribution < 1.29 is 14.4 Å². The lowest BCUT2D eigenvalue weighted by atomic mass is 9.84. The maximum absolute atomic E-state index is 13.1. The van der Waals surface area contributed by atoms with Crippen LogP contribution in [0.2, 0.25) is 0 Å². The fourth-order valence-corrected chi connectivity index (χ4v) is 4.62. The molecule has 2 aliphatic heterocycles. The van der Waals surface area contributed by atoms with Crippen molar-refractivity contribution in [1.29, 1.82) is 0 Å². The SMILES string of the molecule is CN(C)C(=O)N1CCC(C(=O)N2CCCC(C(=O)c3ccc(C(C)(C)C)cc3)C2)CC1. The van der Waals surface area contributed by atoms with Crippen molar-refractivity contribution in [3.8, 4) is 0 Å². The number of ketones is 1. The number of Topliss-reactive ketones (excluding diaryl/α,β-unsaturated/α-hetero) is 1. The number of rotatable bonds is 3. The zero-order valence-corrected chi connectivity index (χ0v) is 19.7. The number of urea groups is 1. The van der Waals surface area contributed by atoms with E-state index >= 15 is 0 Å². The van der Waals surface area contributed by atoms with Crippen LogP contribution in [0.1, 0.15) is 62.4 Å². The Kier molecular flexibility index (Phi) is 7.07. The summed E-state index contributed by atoms with van der Waals surface area (Å²) in [6.07, 6.45) is 3.09. The molecule has 2 saturated heterocycles. The molecule has 0 saturated carbocycles. The molecule has 6 nitrogen and oxygen atoms in total. The van der Waals surface area contributed by atoms with Crippen LogP contribution in [0.3, 0.4) is 0 Å². The fraction of sp³-hybridized carbons (Fsp3) is 0.640. The number of hydrogen-bond donors (Lipinski definition) is 0. The quantitative estimate of drug-likeness (QED) is 0.690. The average molecular weight is 428 g/mol. The second-order valence-electron chi connectivity index (χ2n) is 10.3. The van der Waals surface area contributed by atoms with E-state index < -0.39 is 0 Å². The number of likely N-dealkylation sites (tertiary alicyclic amines) is 2. The molecule has 1 aromatic carbocycles.